The number of benzene rings is 2. The second-order valence-corrected chi connectivity index (χ2v) is 12.3. The molecule has 14 nitrogen and oxygen atoms in total. The number of hydrogen-bond donors (Lipinski definition) is 2. The highest BCUT2D eigenvalue weighted by Gasteiger charge is 2.52. The van der Waals surface area contributed by atoms with Crippen molar-refractivity contribution in [1.82, 2.24) is 10.6 Å². The Bertz CT molecular complexity index is 1510. The van der Waals surface area contributed by atoms with E-state index in [1.54, 1.807) is 0 Å². The maximum absolute atomic E-state index is 13.9. The van der Waals surface area contributed by atoms with Gasteiger partial charge in [0.2, 0.25) is 12.2 Å². The van der Waals surface area contributed by atoms with Crippen molar-refractivity contribution in [2.45, 2.75) is 90.6 Å². The van der Waals surface area contributed by atoms with E-state index in [9.17, 15) is 28.8 Å². The quantitative estimate of drug-likeness (QED) is 0.247. The fraction of sp³-hybridized carbons (Fsp3) is 0.486. The van der Waals surface area contributed by atoms with Gasteiger partial charge in [0.1, 0.15) is 31.4 Å². The van der Waals surface area contributed by atoms with Gasteiger partial charge in [-0.15, -0.1) is 0 Å². The molecule has 0 saturated carbocycles. The first-order chi connectivity index (χ1) is 23.2. The molecule has 0 bridgehead atoms. The van der Waals surface area contributed by atoms with E-state index in [-0.39, 0.29) is 24.9 Å². The molecule has 0 radical (unpaired) electrons. The fourth-order valence-corrected chi connectivity index (χ4v) is 6.07. The van der Waals surface area contributed by atoms with Crippen molar-refractivity contribution in [3.63, 3.8) is 0 Å². The number of nitrogens with one attached hydrogen (secondary N) is 2. The molecule has 2 aliphatic rings. The predicted molar refractivity (Wildman–Crippen MR) is 172 cm³/mol. The molecule has 1 aliphatic carbocycles. The maximum Gasteiger partial charge on any atom is 0.407 e. The van der Waals surface area contributed by atoms with Gasteiger partial charge < -0.3 is 39.1 Å². The predicted octanol–water partition coefficient (Wildman–Crippen LogP) is 3.14. The van der Waals surface area contributed by atoms with E-state index in [1.165, 1.54) is 0 Å². The lowest BCUT2D eigenvalue weighted by Gasteiger charge is -2.44. The lowest BCUT2D eigenvalue weighted by Crippen LogP contribution is -2.68. The third-order valence-electron chi connectivity index (χ3n) is 7.95. The zero-order valence-corrected chi connectivity index (χ0v) is 28.3. The van der Waals surface area contributed by atoms with Crippen LogP contribution in [0.15, 0.2) is 48.5 Å². The van der Waals surface area contributed by atoms with Crippen molar-refractivity contribution < 1.29 is 57.2 Å². The van der Waals surface area contributed by atoms with Crippen LogP contribution in [0.1, 0.15) is 65.0 Å². The molecule has 0 aromatic heterocycles. The first-order valence-electron chi connectivity index (χ1n) is 16.0. The standard InChI is InChI=1S/C35H42N2O12/c1-18(2)15-28(36-35(43)45-16-27-25-13-9-7-11-23(25)24-12-8-10-14-26(24)27)33(42)37-30-32(47-21(5)40)31(46-20(4)39)29(17-44-19(3)38)49-34(30)48-22(6)41/h7-14,18,27-32,34H,15-17H2,1-6H3,(H,36,43)(H,37,42)/t28-,29-,30-,31-,32-,34-/m1/s1. The van der Waals surface area contributed by atoms with E-state index in [0.29, 0.717) is 0 Å². The van der Waals surface area contributed by atoms with Gasteiger partial charge in [0.25, 0.3) is 0 Å². The fourth-order valence-electron chi connectivity index (χ4n) is 6.07. The first-order valence-corrected chi connectivity index (χ1v) is 16.0. The summed E-state index contributed by atoms with van der Waals surface area (Å²) in [5.74, 6) is -4.12. The lowest BCUT2D eigenvalue weighted by molar-refractivity contribution is -0.271. The summed E-state index contributed by atoms with van der Waals surface area (Å²) in [5.41, 5.74) is 4.16. The van der Waals surface area contributed by atoms with Crippen LogP contribution in [-0.4, -0.2) is 85.8 Å². The Kier molecular flexibility index (Phi) is 12.3. The first kappa shape index (κ1) is 36.8. The molecule has 4 rings (SSSR count). The Hall–Kier alpha value is -4.98. The Morgan fingerprint density at radius 2 is 1.27 bits per heavy atom. The molecule has 2 N–H and O–H groups in total. The number of hydrogen-bond acceptors (Lipinski definition) is 12. The van der Waals surface area contributed by atoms with E-state index in [4.69, 9.17) is 28.4 Å². The molecule has 14 heteroatoms. The SMILES string of the molecule is CC(=O)OC[C@H]1O[C@@H](OC(C)=O)[C@H](NC(=O)[C@@H](CC(C)C)NC(=O)OCC2c3ccccc3-c3ccccc32)[C@@H](OC(C)=O)[C@@H]1OC(C)=O. The van der Waals surface area contributed by atoms with Crippen LogP contribution in [0.5, 0.6) is 0 Å². The van der Waals surface area contributed by atoms with Crippen LogP contribution in [0.4, 0.5) is 4.79 Å². The van der Waals surface area contributed by atoms with Gasteiger partial charge in [-0.2, -0.15) is 0 Å². The Morgan fingerprint density at radius 3 is 1.80 bits per heavy atom. The van der Waals surface area contributed by atoms with Crippen LogP contribution in [0.25, 0.3) is 11.1 Å². The molecule has 1 heterocycles. The van der Waals surface area contributed by atoms with Crippen LogP contribution in [0, 0.1) is 5.92 Å². The lowest BCUT2D eigenvalue weighted by atomic mass is 9.95. The summed E-state index contributed by atoms with van der Waals surface area (Å²) in [5, 5.41) is 5.30. The van der Waals surface area contributed by atoms with Gasteiger partial charge in [-0.25, -0.2) is 4.79 Å². The van der Waals surface area contributed by atoms with Gasteiger partial charge in [-0.05, 0) is 34.6 Å². The van der Waals surface area contributed by atoms with Crippen LogP contribution < -0.4 is 10.6 Å². The van der Waals surface area contributed by atoms with Crippen LogP contribution in [0.3, 0.4) is 0 Å². The molecule has 1 fully saturated rings. The van der Waals surface area contributed by atoms with Crippen LogP contribution in [0.2, 0.25) is 0 Å². The van der Waals surface area contributed by atoms with Crippen molar-refractivity contribution in [3.05, 3.63) is 59.7 Å². The molecular weight excluding hydrogens is 640 g/mol. The van der Waals surface area contributed by atoms with Gasteiger partial charge in [-0.1, -0.05) is 62.4 Å². The van der Waals surface area contributed by atoms with E-state index in [1.807, 2.05) is 62.4 Å². The summed E-state index contributed by atoms with van der Waals surface area (Å²) in [6.45, 7) is 7.72. The number of carbonyl (C=O) groups excluding carboxylic acids is 6. The van der Waals surface area contributed by atoms with Gasteiger partial charge in [-0.3, -0.25) is 24.0 Å². The summed E-state index contributed by atoms with van der Waals surface area (Å²) in [4.78, 5) is 75.1. The third kappa shape index (κ3) is 9.56. The minimum absolute atomic E-state index is 0.0170. The number of esters is 4. The second-order valence-electron chi connectivity index (χ2n) is 12.3. The maximum atomic E-state index is 13.9. The molecule has 2 aromatic carbocycles. The molecule has 1 saturated heterocycles. The zero-order chi connectivity index (χ0) is 35.8. The van der Waals surface area contributed by atoms with Crippen LogP contribution >= 0.6 is 0 Å². The highest BCUT2D eigenvalue weighted by molar-refractivity contribution is 5.86. The number of ether oxygens (including phenoxy) is 6. The monoisotopic (exact) mass is 682 g/mol. The average molecular weight is 683 g/mol. The summed E-state index contributed by atoms with van der Waals surface area (Å²) >= 11 is 0. The second kappa shape index (κ2) is 16.4. The summed E-state index contributed by atoms with van der Waals surface area (Å²) in [7, 11) is 0. The Balaban J connectivity index is 1.55. The summed E-state index contributed by atoms with van der Waals surface area (Å²) in [6.07, 6.45) is -6.35. The highest BCUT2D eigenvalue weighted by atomic mass is 16.7. The van der Waals surface area contributed by atoms with E-state index in [0.717, 1.165) is 49.9 Å². The molecule has 0 unspecified atom stereocenters. The number of amides is 2. The smallest absolute Gasteiger partial charge is 0.407 e. The molecule has 1 aliphatic heterocycles. The van der Waals surface area contributed by atoms with Gasteiger partial charge >= 0.3 is 30.0 Å². The average Bonchev–Trinajstić information content (AvgIpc) is 3.34. The van der Waals surface area contributed by atoms with Crippen molar-refractivity contribution >= 4 is 35.9 Å². The topological polar surface area (TPSA) is 182 Å². The number of fused-ring (bicyclic) bond motifs is 3. The molecule has 2 amide bonds. The van der Waals surface area contributed by atoms with Gasteiger partial charge in [0.05, 0.1) is 0 Å². The minimum atomic E-state index is -1.58. The molecule has 2 aromatic rings. The zero-order valence-electron chi connectivity index (χ0n) is 28.3. The summed E-state index contributed by atoms with van der Waals surface area (Å²) in [6, 6.07) is 13.2. The number of carbonyl (C=O) groups is 6. The van der Waals surface area contributed by atoms with E-state index < -0.39 is 79.2 Å². The van der Waals surface area contributed by atoms with Crippen LogP contribution in [-0.2, 0) is 52.4 Å². The van der Waals surface area contributed by atoms with Crippen molar-refractivity contribution in [1.29, 1.82) is 0 Å². The normalized spacial score (nSPS) is 21.7. The largest absolute Gasteiger partial charge is 0.463 e. The highest BCUT2D eigenvalue weighted by Crippen LogP contribution is 2.44. The third-order valence-corrected chi connectivity index (χ3v) is 7.95. The molecular formula is C35H42N2O12. The molecule has 264 valence electrons. The molecule has 0 spiro atoms. The van der Waals surface area contributed by atoms with Crippen molar-refractivity contribution in [3.8, 4) is 11.1 Å². The summed E-state index contributed by atoms with van der Waals surface area (Å²) < 4.78 is 32.9. The Labute approximate surface area is 284 Å². The van der Waals surface area contributed by atoms with Crippen molar-refractivity contribution in [2.24, 2.45) is 5.92 Å². The van der Waals surface area contributed by atoms with Crippen molar-refractivity contribution in [2.75, 3.05) is 13.2 Å². The minimum Gasteiger partial charge on any atom is -0.463 e. The van der Waals surface area contributed by atoms with Gasteiger partial charge in [0.15, 0.2) is 12.2 Å². The van der Waals surface area contributed by atoms with E-state index >= 15 is 0 Å². The number of rotatable bonds is 12. The molecule has 6 atom stereocenters. The Morgan fingerprint density at radius 1 is 0.714 bits per heavy atom. The van der Waals surface area contributed by atoms with E-state index in [2.05, 4.69) is 10.6 Å². The van der Waals surface area contributed by atoms with Gasteiger partial charge in [0, 0.05) is 33.6 Å². The number of alkyl carbamates (subject to hydrolysis) is 1. The molecule has 49 heavy (non-hydrogen) atoms.